The van der Waals surface area contributed by atoms with Crippen molar-refractivity contribution < 1.29 is 19.1 Å². The van der Waals surface area contributed by atoms with Crippen LogP contribution in [0.2, 0.25) is 0 Å². The van der Waals surface area contributed by atoms with Crippen LogP contribution in [0, 0.1) is 0 Å². The molecular formula is C22H16Br2O4S2. The van der Waals surface area contributed by atoms with E-state index in [9.17, 15) is 9.59 Å². The van der Waals surface area contributed by atoms with Gasteiger partial charge < -0.3 is 9.47 Å². The van der Waals surface area contributed by atoms with Crippen LogP contribution in [0.1, 0.15) is 31.8 Å². The zero-order chi connectivity index (χ0) is 21.4. The van der Waals surface area contributed by atoms with Crippen molar-refractivity contribution in [1.82, 2.24) is 0 Å². The summed E-state index contributed by atoms with van der Waals surface area (Å²) in [7, 11) is 2.78. The minimum absolute atomic E-state index is 0.225. The van der Waals surface area contributed by atoms with Gasteiger partial charge in [-0.15, -0.1) is 23.5 Å². The topological polar surface area (TPSA) is 52.6 Å². The van der Waals surface area contributed by atoms with Gasteiger partial charge in [0, 0.05) is 40.4 Å². The molecule has 2 atom stereocenters. The minimum Gasteiger partial charge on any atom is -0.465 e. The van der Waals surface area contributed by atoms with E-state index in [4.69, 9.17) is 9.47 Å². The number of esters is 2. The SMILES string of the molecule is COC(=O)c1cc(Br)ccc1C1=CC2SC(c3ccc(Br)cc3C(=O)OC)=CC2S1. The quantitative estimate of drug-likeness (QED) is 0.399. The van der Waals surface area contributed by atoms with Crippen LogP contribution in [-0.2, 0) is 9.47 Å². The molecule has 8 heteroatoms. The number of ether oxygens (including phenoxy) is 2. The van der Waals surface area contributed by atoms with Gasteiger partial charge in [-0.1, -0.05) is 56.1 Å². The predicted octanol–water partition coefficient (Wildman–Crippen LogP) is 6.40. The number of carbonyl (C=O) groups excluding carboxylic acids is 2. The van der Waals surface area contributed by atoms with Gasteiger partial charge >= 0.3 is 11.9 Å². The average Bonchev–Trinajstić information content (AvgIpc) is 3.31. The number of halogens is 2. The normalized spacial score (nSPS) is 19.7. The van der Waals surface area contributed by atoms with Crippen molar-refractivity contribution in [3.05, 3.63) is 79.7 Å². The summed E-state index contributed by atoms with van der Waals surface area (Å²) in [6.45, 7) is 0. The molecule has 0 aromatic heterocycles. The summed E-state index contributed by atoms with van der Waals surface area (Å²) in [5.41, 5.74) is 2.83. The van der Waals surface area contributed by atoms with E-state index < -0.39 is 0 Å². The Hall–Kier alpha value is -1.48. The Morgan fingerprint density at radius 1 is 0.767 bits per heavy atom. The fraction of sp³-hybridized carbons (Fsp3) is 0.182. The van der Waals surface area contributed by atoms with Crippen LogP contribution in [0.5, 0.6) is 0 Å². The monoisotopic (exact) mass is 566 g/mol. The molecule has 4 nitrogen and oxygen atoms in total. The number of methoxy groups -OCH3 is 2. The molecule has 0 radical (unpaired) electrons. The molecule has 2 heterocycles. The molecule has 30 heavy (non-hydrogen) atoms. The van der Waals surface area contributed by atoms with Crippen molar-refractivity contribution in [1.29, 1.82) is 0 Å². The highest BCUT2D eigenvalue weighted by molar-refractivity contribution is 9.10. The van der Waals surface area contributed by atoms with E-state index >= 15 is 0 Å². The molecule has 2 unspecified atom stereocenters. The highest BCUT2D eigenvalue weighted by atomic mass is 79.9. The highest BCUT2D eigenvalue weighted by Crippen LogP contribution is 2.54. The molecule has 4 rings (SSSR count). The molecule has 0 saturated heterocycles. The molecule has 0 amide bonds. The van der Waals surface area contributed by atoms with Crippen LogP contribution >= 0.6 is 55.4 Å². The zero-order valence-corrected chi connectivity index (χ0v) is 20.8. The van der Waals surface area contributed by atoms with Crippen molar-refractivity contribution in [3.63, 3.8) is 0 Å². The van der Waals surface area contributed by atoms with Gasteiger partial charge in [0.15, 0.2) is 0 Å². The number of fused-ring (bicyclic) bond motifs is 1. The second-order valence-electron chi connectivity index (χ2n) is 6.59. The van der Waals surface area contributed by atoms with E-state index in [0.717, 1.165) is 29.9 Å². The molecule has 2 aliphatic heterocycles. The van der Waals surface area contributed by atoms with Crippen LogP contribution in [0.3, 0.4) is 0 Å². The van der Waals surface area contributed by atoms with Crippen molar-refractivity contribution >= 4 is 77.1 Å². The van der Waals surface area contributed by atoms with Gasteiger partial charge in [-0.05, 0) is 24.3 Å². The molecule has 0 N–H and O–H groups in total. The van der Waals surface area contributed by atoms with Gasteiger partial charge in [-0.2, -0.15) is 0 Å². The fourth-order valence-electron chi connectivity index (χ4n) is 3.39. The third-order valence-corrected chi connectivity index (χ3v) is 8.57. The van der Waals surface area contributed by atoms with Crippen LogP contribution < -0.4 is 0 Å². The highest BCUT2D eigenvalue weighted by Gasteiger charge is 2.36. The Balaban J connectivity index is 1.62. The minimum atomic E-state index is -0.355. The Labute approximate surface area is 199 Å². The average molecular weight is 568 g/mol. The van der Waals surface area contributed by atoms with Gasteiger partial charge in [0.25, 0.3) is 0 Å². The molecule has 154 valence electrons. The molecule has 2 aromatic rings. The number of carbonyl (C=O) groups is 2. The first-order valence-electron chi connectivity index (χ1n) is 8.94. The van der Waals surface area contributed by atoms with E-state index in [2.05, 4.69) is 44.0 Å². The molecule has 0 saturated carbocycles. The van der Waals surface area contributed by atoms with E-state index in [1.165, 1.54) is 14.2 Å². The Bertz CT molecular complexity index is 1020. The molecule has 0 fully saturated rings. The summed E-state index contributed by atoms with van der Waals surface area (Å²) in [5, 5.41) is 0.451. The van der Waals surface area contributed by atoms with Crippen LogP contribution in [0.4, 0.5) is 0 Å². The maximum absolute atomic E-state index is 12.2. The van der Waals surface area contributed by atoms with E-state index in [1.54, 1.807) is 35.7 Å². The smallest absolute Gasteiger partial charge is 0.338 e. The lowest BCUT2D eigenvalue weighted by molar-refractivity contribution is 0.0591. The number of benzene rings is 2. The van der Waals surface area contributed by atoms with Gasteiger partial charge in [0.2, 0.25) is 0 Å². The van der Waals surface area contributed by atoms with Gasteiger partial charge in [-0.25, -0.2) is 9.59 Å². The third-order valence-electron chi connectivity index (χ3n) is 4.79. The summed E-state index contributed by atoms with van der Waals surface area (Å²) in [5.74, 6) is -0.711. The van der Waals surface area contributed by atoms with Gasteiger partial charge in [0.05, 0.1) is 25.3 Å². The standard InChI is InChI=1S/C22H16Br2O4S2/c1-27-21(25)15-7-11(23)3-5-13(15)17-9-19-20(29-17)10-18(30-19)14-6-4-12(24)8-16(14)22(26)28-2/h3-10,19-20H,1-2H3. The molecule has 0 spiro atoms. The lowest BCUT2D eigenvalue weighted by Crippen LogP contribution is -2.05. The molecule has 0 bridgehead atoms. The van der Waals surface area contributed by atoms with E-state index in [0.29, 0.717) is 11.1 Å². The van der Waals surface area contributed by atoms with Crippen molar-refractivity contribution in [2.75, 3.05) is 14.2 Å². The number of hydrogen-bond donors (Lipinski definition) is 0. The number of hydrogen-bond acceptors (Lipinski definition) is 6. The zero-order valence-electron chi connectivity index (χ0n) is 16.0. The first-order chi connectivity index (χ1) is 14.4. The maximum Gasteiger partial charge on any atom is 0.338 e. The lowest BCUT2D eigenvalue weighted by atomic mass is 10.1. The second kappa shape index (κ2) is 8.94. The Morgan fingerprint density at radius 3 is 1.53 bits per heavy atom. The number of rotatable bonds is 4. The molecule has 0 aliphatic carbocycles. The maximum atomic E-state index is 12.2. The summed E-state index contributed by atoms with van der Waals surface area (Å²) in [4.78, 5) is 26.6. The largest absolute Gasteiger partial charge is 0.465 e. The van der Waals surface area contributed by atoms with Crippen molar-refractivity contribution in [2.45, 2.75) is 10.5 Å². The summed E-state index contributed by atoms with van der Waals surface area (Å²) < 4.78 is 11.6. The van der Waals surface area contributed by atoms with E-state index in [1.807, 2.05) is 24.3 Å². The van der Waals surface area contributed by atoms with Crippen LogP contribution in [0.15, 0.2) is 57.5 Å². The third kappa shape index (κ3) is 4.15. The van der Waals surface area contributed by atoms with Gasteiger partial charge in [0.1, 0.15) is 0 Å². The first kappa shape index (κ1) is 21.7. The molecule has 2 aliphatic rings. The van der Waals surface area contributed by atoms with Crippen molar-refractivity contribution in [2.24, 2.45) is 0 Å². The Morgan fingerprint density at radius 2 is 1.17 bits per heavy atom. The second-order valence-corrected chi connectivity index (χ2v) is 10.9. The predicted molar refractivity (Wildman–Crippen MR) is 130 cm³/mol. The van der Waals surface area contributed by atoms with E-state index in [-0.39, 0.29) is 22.4 Å². The van der Waals surface area contributed by atoms with Crippen molar-refractivity contribution in [3.8, 4) is 0 Å². The van der Waals surface area contributed by atoms with Crippen LogP contribution in [0.25, 0.3) is 9.81 Å². The molecular weight excluding hydrogens is 552 g/mol. The molecule has 2 aromatic carbocycles. The summed E-state index contributed by atoms with van der Waals surface area (Å²) in [6, 6.07) is 11.3. The number of thioether (sulfide) groups is 2. The first-order valence-corrected chi connectivity index (χ1v) is 12.3. The Kier molecular flexibility index (Phi) is 6.48. The summed E-state index contributed by atoms with van der Waals surface area (Å²) in [6.07, 6.45) is 4.38. The van der Waals surface area contributed by atoms with Gasteiger partial charge in [-0.3, -0.25) is 0 Å². The lowest BCUT2D eigenvalue weighted by Gasteiger charge is -2.11. The fourth-order valence-corrected chi connectivity index (χ4v) is 7.10. The van der Waals surface area contributed by atoms with Crippen LogP contribution in [-0.4, -0.2) is 36.7 Å². The summed E-state index contributed by atoms with van der Waals surface area (Å²) >= 11 is 10.3.